The first-order chi connectivity index (χ1) is 16.0. The van der Waals surface area contributed by atoms with E-state index in [4.69, 9.17) is 9.05 Å². The highest BCUT2D eigenvalue weighted by Gasteiger charge is 2.35. The number of benzene rings is 3. The molecule has 0 unspecified atom stereocenters. The van der Waals surface area contributed by atoms with Crippen molar-refractivity contribution in [2.24, 2.45) is 0 Å². The fourth-order valence-corrected chi connectivity index (χ4v) is 6.39. The Balaban J connectivity index is 2.18. The molecule has 0 fully saturated rings. The zero-order valence-electron chi connectivity index (χ0n) is 20.7. The predicted octanol–water partition coefficient (Wildman–Crippen LogP) is 7.87. The average Bonchev–Trinajstić information content (AvgIpc) is 2.84. The lowest BCUT2D eigenvalue weighted by atomic mass is 10.0. The third-order valence-corrected chi connectivity index (χ3v) is 8.07. The second-order valence-electron chi connectivity index (χ2n) is 8.26. The molecule has 0 heterocycles. The highest BCUT2D eigenvalue weighted by Crippen LogP contribution is 2.50. The van der Waals surface area contributed by atoms with Gasteiger partial charge in [0.15, 0.2) is 0 Å². The molecule has 0 bridgehead atoms. The Morgan fingerprint density at radius 2 is 1.09 bits per heavy atom. The van der Waals surface area contributed by atoms with E-state index in [2.05, 4.69) is 46.8 Å². The van der Waals surface area contributed by atoms with Crippen LogP contribution >= 0.6 is 7.60 Å². The summed E-state index contributed by atoms with van der Waals surface area (Å²) in [4.78, 5) is 0. The van der Waals surface area contributed by atoms with E-state index in [1.54, 1.807) is 0 Å². The lowest BCUT2D eigenvalue weighted by molar-refractivity contribution is 0.395. The number of hydrogen-bond acceptors (Lipinski definition) is 3. The van der Waals surface area contributed by atoms with Crippen LogP contribution in [0.3, 0.4) is 0 Å². The monoisotopic (exact) mass is 464 g/mol. The highest BCUT2D eigenvalue weighted by molar-refractivity contribution is 7.63. The third kappa shape index (κ3) is 5.53. The van der Waals surface area contributed by atoms with Gasteiger partial charge in [0.25, 0.3) is 0 Å². The summed E-state index contributed by atoms with van der Waals surface area (Å²) in [6.45, 7) is 10.6. The Bertz CT molecular complexity index is 1060. The number of rotatable bonds is 11. The molecule has 0 atom stereocenters. The van der Waals surface area contributed by atoms with E-state index in [0.29, 0.717) is 16.8 Å². The quantitative estimate of drug-likeness (QED) is 0.271. The molecule has 3 aromatic rings. The zero-order valence-corrected chi connectivity index (χ0v) is 21.6. The highest BCUT2D eigenvalue weighted by atomic mass is 31.2. The van der Waals surface area contributed by atoms with Gasteiger partial charge in [-0.25, -0.2) is 4.57 Å². The standard InChI is InChI=1S/C29H37O3P/c1-6-15-24-16-11-12-21-29(24)33(30,31-27-19-13-17-22(7-2)25(27)9-4)32-28-20-14-18-23(8-3)26(28)10-5/h11-14,16-21H,6-10,15H2,1-5H3. The smallest absolute Gasteiger partial charge is 0.413 e. The van der Waals surface area contributed by atoms with E-state index in [1.807, 2.05) is 48.5 Å². The van der Waals surface area contributed by atoms with Crippen molar-refractivity contribution < 1.29 is 13.6 Å². The second kappa shape index (κ2) is 11.6. The maximum absolute atomic E-state index is 14.7. The second-order valence-corrected chi connectivity index (χ2v) is 10.1. The minimum atomic E-state index is -3.72. The van der Waals surface area contributed by atoms with Crippen molar-refractivity contribution in [1.82, 2.24) is 0 Å². The van der Waals surface area contributed by atoms with E-state index in [9.17, 15) is 4.57 Å². The van der Waals surface area contributed by atoms with Gasteiger partial charge in [0, 0.05) is 0 Å². The van der Waals surface area contributed by atoms with Gasteiger partial charge < -0.3 is 9.05 Å². The Hall–Kier alpha value is -2.51. The molecule has 0 amide bonds. The molecule has 0 aliphatic heterocycles. The van der Waals surface area contributed by atoms with Gasteiger partial charge in [-0.15, -0.1) is 0 Å². The Morgan fingerprint density at radius 1 is 0.606 bits per heavy atom. The molecule has 0 radical (unpaired) electrons. The van der Waals surface area contributed by atoms with E-state index in [-0.39, 0.29) is 0 Å². The van der Waals surface area contributed by atoms with Crippen molar-refractivity contribution in [1.29, 1.82) is 0 Å². The largest absolute Gasteiger partial charge is 0.463 e. The fourth-order valence-electron chi connectivity index (χ4n) is 4.49. The van der Waals surface area contributed by atoms with Crippen molar-refractivity contribution >= 4 is 12.9 Å². The van der Waals surface area contributed by atoms with Crippen LogP contribution in [-0.4, -0.2) is 0 Å². The summed E-state index contributed by atoms with van der Waals surface area (Å²) in [5.74, 6) is 1.30. The van der Waals surface area contributed by atoms with Crippen LogP contribution in [0.5, 0.6) is 11.5 Å². The maximum atomic E-state index is 14.7. The lowest BCUT2D eigenvalue weighted by Gasteiger charge is -2.25. The normalized spacial score (nSPS) is 11.4. The summed E-state index contributed by atoms with van der Waals surface area (Å²) in [6.07, 6.45) is 5.18. The summed E-state index contributed by atoms with van der Waals surface area (Å²) in [7, 11) is -3.72. The summed E-state index contributed by atoms with van der Waals surface area (Å²) in [5, 5.41) is 0.653. The van der Waals surface area contributed by atoms with Crippen LogP contribution in [0.15, 0.2) is 60.7 Å². The fraction of sp³-hybridized carbons (Fsp3) is 0.379. The number of aryl methyl sites for hydroxylation is 3. The van der Waals surface area contributed by atoms with Crippen molar-refractivity contribution in [3.05, 3.63) is 88.5 Å². The predicted molar refractivity (Wildman–Crippen MR) is 139 cm³/mol. The zero-order chi connectivity index (χ0) is 23.8. The van der Waals surface area contributed by atoms with E-state index in [1.165, 1.54) is 11.1 Å². The Kier molecular flexibility index (Phi) is 8.80. The molecule has 4 heteroatoms. The molecular formula is C29H37O3P. The molecule has 3 rings (SSSR count). The van der Waals surface area contributed by atoms with Crippen LogP contribution in [0.1, 0.15) is 68.9 Å². The number of hydrogen-bond donors (Lipinski definition) is 0. The van der Waals surface area contributed by atoms with Crippen LogP contribution in [0.2, 0.25) is 0 Å². The Morgan fingerprint density at radius 3 is 1.55 bits per heavy atom. The van der Waals surface area contributed by atoms with Gasteiger partial charge in [-0.1, -0.05) is 83.5 Å². The van der Waals surface area contributed by atoms with Gasteiger partial charge in [0.2, 0.25) is 0 Å². The molecule has 0 N–H and O–H groups in total. The van der Waals surface area contributed by atoms with Gasteiger partial charge in [0.05, 0.1) is 5.30 Å². The SMILES string of the molecule is CCCc1ccccc1P(=O)(Oc1cccc(CC)c1CC)Oc1cccc(CC)c1CC. The van der Waals surface area contributed by atoms with Crippen molar-refractivity contribution in [2.75, 3.05) is 0 Å². The first kappa shape index (κ1) is 25.1. The van der Waals surface area contributed by atoms with Gasteiger partial charge in [0.1, 0.15) is 11.5 Å². The van der Waals surface area contributed by atoms with E-state index >= 15 is 0 Å². The first-order valence-corrected chi connectivity index (χ1v) is 13.8. The van der Waals surface area contributed by atoms with Crippen LogP contribution in [0, 0.1) is 0 Å². The average molecular weight is 465 g/mol. The minimum absolute atomic E-state index is 0.649. The molecule has 33 heavy (non-hydrogen) atoms. The van der Waals surface area contributed by atoms with E-state index in [0.717, 1.165) is 55.2 Å². The van der Waals surface area contributed by atoms with Crippen LogP contribution in [0.25, 0.3) is 0 Å². The van der Waals surface area contributed by atoms with Crippen LogP contribution < -0.4 is 14.4 Å². The third-order valence-electron chi connectivity index (χ3n) is 6.17. The van der Waals surface area contributed by atoms with Gasteiger partial charge in [-0.2, -0.15) is 0 Å². The molecule has 3 nitrogen and oxygen atoms in total. The Labute approximate surface area is 199 Å². The molecule has 0 aromatic heterocycles. The van der Waals surface area contributed by atoms with Gasteiger partial charge in [-0.05, 0) is 78.1 Å². The maximum Gasteiger partial charge on any atom is 0.463 e. The van der Waals surface area contributed by atoms with Crippen molar-refractivity contribution in [2.45, 2.75) is 73.1 Å². The molecular weight excluding hydrogens is 427 g/mol. The van der Waals surface area contributed by atoms with Gasteiger partial charge >= 0.3 is 7.60 Å². The van der Waals surface area contributed by atoms with Gasteiger partial charge in [-0.3, -0.25) is 0 Å². The van der Waals surface area contributed by atoms with Crippen LogP contribution in [0.4, 0.5) is 0 Å². The molecule has 0 aliphatic rings. The molecule has 0 saturated carbocycles. The van der Waals surface area contributed by atoms with Crippen molar-refractivity contribution in [3.63, 3.8) is 0 Å². The van der Waals surface area contributed by atoms with Crippen LogP contribution in [-0.2, 0) is 36.7 Å². The summed E-state index contributed by atoms with van der Waals surface area (Å²) in [5.41, 5.74) is 5.62. The first-order valence-electron chi connectivity index (χ1n) is 12.3. The van der Waals surface area contributed by atoms with E-state index < -0.39 is 7.60 Å². The van der Waals surface area contributed by atoms with Crippen molar-refractivity contribution in [3.8, 4) is 11.5 Å². The topological polar surface area (TPSA) is 35.5 Å². The lowest BCUT2D eigenvalue weighted by Crippen LogP contribution is -2.20. The molecule has 0 aliphatic carbocycles. The molecule has 3 aromatic carbocycles. The molecule has 0 saturated heterocycles. The summed E-state index contributed by atoms with van der Waals surface area (Å²) >= 11 is 0. The molecule has 0 spiro atoms. The molecule has 176 valence electrons. The summed E-state index contributed by atoms with van der Waals surface area (Å²) < 4.78 is 27.6. The summed E-state index contributed by atoms with van der Waals surface area (Å²) in [6, 6.07) is 19.9. The minimum Gasteiger partial charge on any atom is -0.413 e.